The maximum Gasteiger partial charge on any atom is 0.416 e. The van der Waals surface area contributed by atoms with Crippen molar-refractivity contribution in [1.82, 2.24) is 24.4 Å². The maximum absolute atomic E-state index is 14.6. The summed E-state index contributed by atoms with van der Waals surface area (Å²) in [6.45, 7) is 2.45. The first kappa shape index (κ1) is 22.3. The van der Waals surface area contributed by atoms with Crippen molar-refractivity contribution in [2.75, 3.05) is 25.4 Å². The average molecular weight is 478 g/mol. The van der Waals surface area contributed by atoms with E-state index in [1.165, 1.54) is 12.4 Å². The maximum atomic E-state index is 14.6. The van der Waals surface area contributed by atoms with Gasteiger partial charge in [0.1, 0.15) is 18.0 Å². The van der Waals surface area contributed by atoms with Crippen molar-refractivity contribution in [3.05, 3.63) is 60.1 Å². The van der Waals surface area contributed by atoms with Gasteiger partial charge in [-0.15, -0.1) is 11.8 Å². The van der Waals surface area contributed by atoms with Gasteiger partial charge in [0.05, 0.1) is 22.3 Å². The van der Waals surface area contributed by atoms with Crippen molar-refractivity contribution in [3.63, 3.8) is 0 Å². The molecule has 0 N–H and O–H groups in total. The highest BCUT2D eigenvalue weighted by atomic mass is 32.2. The third-order valence-electron chi connectivity index (χ3n) is 6.68. The van der Waals surface area contributed by atoms with Gasteiger partial charge in [0, 0.05) is 43.7 Å². The zero-order valence-electron chi connectivity index (χ0n) is 18.0. The molecule has 1 aliphatic heterocycles. The predicted octanol–water partition coefficient (Wildman–Crippen LogP) is 4.79. The molecule has 3 aromatic rings. The highest BCUT2D eigenvalue weighted by molar-refractivity contribution is 7.99. The number of piperidine rings is 1. The minimum absolute atomic E-state index is 0.323. The van der Waals surface area contributed by atoms with Gasteiger partial charge < -0.3 is 9.47 Å². The number of imidazole rings is 1. The van der Waals surface area contributed by atoms with E-state index in [1.54, 1.807) is 24.2 Å². The lowest BCUT2D eigenvalue weighted by Crippen LogP contribution is -2.28. The molecule has 0 spiro atoms. The molecule has 174 valence electrons. The van der Waals surface area contributed by atoms with Gasteiger partial charge in [-0.3, -0.25) is 0 Å². The Balaban J connectivity index is 1.14. The van der Waals surface area contributed by atoms with Crippen LogP contribution in [-0.2, 0) is 18.6 Å². The Bertz CT molecular complexity index is 1150. The van der Waals surface area contributed by atoms with Crippen molar-refractivity contribution in [2.24, 2.45) is 13.0 Å². The SMILES string of the molecule is Cn1c(SCCCN2C[C@@H]3C[C@]3(c3ccc(C(F)(F)F)cc3F)C2)cnc1-c1cncnc1. The highest BCUT2D eigenvalue weighted by Gasteiger charge is 2.61. The molecule has 5 nitrogen and oxygen atoms in total. The number of hydrogen-bond donors (Lipinski definition) is 0. The Morgan fingerprint density at radius 2 is 1.97 bits per heavy atom. The number of likely N-dealkylation sites (tertiary alicyclic amines) is 1. The monoisotopic (exact) mass is 477 g/mol. The summed E-state index contributed by atoms with van der Waals surface area (Å²) in [6.07, 6.45) is 4.08. The van der Waals surface area contributed by atoms with Crippen LogP contribution < -0.4 is 0 Å². The largest absolute Gasteiger partial charge is 0.416 e. The molecule has 1 saturated heterocycles. The second kappa shape index (κ2) is 8.39. The molecular formula is C23H23F4N5S. The molecule has 33 heavy (non-hydrogen) atoms. The number of alkyl halides is 3. The lowest BCUT2D eigenvalue weighted by Gasteiger charge is -2.21. The minimum Gasteiger partial charge on any atom is -0.322 e. The molecular weight excluding hydrogens is 454 g/mol. The molecule has 2 fully saturated rings. The summed E-state index contributed by atoms with van der Waals surface area (Å²) in [6, 6.07) is 2.99. The van der Waals surface area contributed by atoms with Crippen LogP contribution in [0.15, 0.2) is 48.1 Å². The molecule has 2 aliphatic rings. The summed E-state index contributed by atoms with van der Waals surface area (Å²) < 4.78 is 55.2. The number of rotatable bonds is 7. The molecule has 5 rings (SSSR count). The van der Waals surface area contributed by atoms with Crippen LogP contribution in [0.1, 0.15) is 24.0 Å². The number of halogens is 4. The summed E-state index contributed by atoms with van der Waals surface area (Å²) in [4.78, 5) is 14.9. The van der Waals surface area contributed by atoms with Crippen molar-refractivity contribution >= 4 is 11.8 Å². The fourth-order valence-electron chi connectivity index (χ4n) is 4.95. The van der Waals surface area contributed by atoms with E-state index in [2.05, 4.69) is 19.9 Å². The Labute approximate surface area is 193 Å². The van der Waals surface area contributed by atoms with Gasteiger partial charge in [-0.2, -0.15) is 13.2 Å². The lowest BCUT2D eigenvalue weighted by molar-refractivity contribution is -0.137. The molecule has 1 saturated carbocycles. The summed E-state index contributed by atoms with van der Waals surface area (Å²) in [5.74, 6) is 1.32. The molecule has 0 radical (unpaired) electrons. The standard InChI is InChI=1S/C23H23F4N5S/c1-31-20(11-30-21(31)15-9-28-14-29-10-15)33-6-2-5-32-12-17-8-22(17,13-32)18-4-3-16(7-19(18)24)23(25,26)27/h3-4,7,9-11,14,17H,2,5-6,8,12-13H2,1H3/t17-,22-/m0/s1. The first-order chi connectivity index (χ1) is 15.8. The topological polar surface area (TPSA) is 46.8 Å². The van der Waals surface area contributed by atoms with Gasteiger partial charge in [0.15, 0.2) is 0 Å². The van der Waals surface area contributed by atoms with Crippen molar-refractivity contribution in [2.45, 2.75) is 29.5 Å². The van der Waals surface area contributed by atoms with Crippen LogP contribution in [0.4, 0.5) is 17.6 Å². The zero-order chi connectivity index (χ0) is 23.2. The van der Waals surface area contributed by atoms with E-state index < -0.39 is 17.6 Å². The normalized spacial score (nSPS) is 22.5. The van der Waals surface area contributed by atoms with Crippen LogP contribution in [0.5, 0.6) is 0 Å². The summed E-state index contributed by atoms with van der Waals surface area (Å²) in [7, 11) is 1.97. The van der Waals surface area contributed by atoms with Gasteiger partial charge in [0.2, 0.25) is 0 Å². The van der Waals surface area contributed by atoms with Crippen molar-refractivity contribution in [1.29, 1.82) is 0 Å². The number of hydrogen-bond acceptors (Lipinski definition) is 5. The van der Waals surface area contributed by atoms with Crippen LogP contribution in [0, 0.1) is 11.7 Å². The number of fused-ring (bicyclic) bond motifs is 1. The predicted molar refractivity (Wildman–Crippen MR) is 117 cm³/mol. The van der Waals surface area contributed by atoms with Crippen LogP contribution in [0.2, 0.25) is 0 Å². The van der Waals surface area contributed by atoms with Crippen LogP contribution >= 0.6 is 11.8 Å². The van der Waals surface area contributed by atoms with Crippen molar-refractivity contribution < 1.29 is 17.6 Å². The van der Waals surface area contributed by atoms with Gasteiger partial charge in [-0.05, 0) is 43.0 Å². The van der Waals surface area contributed by atoms with Gasteiger partial charge >= 0.3 is 6.18 Å². The van der Waals surface area contributed by atoms with E-state index in [0.29, 0.717) is 24.1 Å². The summed E-state index contributed by atoms with van der Waals surface area (Å²) in [5, 5.41) is 1.06. The number of benzene rings is 1. The molecule has 3 heterocycles. The van der Waals surface area contributed by atoms with Crippen LogP contribution in [0.25, 0.3) is 11.4 Å². The molecule has 0 amide bonds. The Morgan fingerprint density at radius 1 is 1.18 bits per heavy atom. The summed E-state index contributed by atoms with van der Waals surface area (Å²) >= 11 is 1.73. The fourth-order valence-corrected chi connectivity index (χ4v) is 5.84. The molecule has 2 atom stereocenters. The first-order valence-corrected chi connectivity index (χ1v) is 11.8. The minimum atomic E-state index is -4.52. The van der Waals surface area contributed by atoms with E-state index in [9.17, 15) is 17.6 Å². The van der Waals surface area contributed by atoms with E-state index in [-0.39, 0.29) is 5.41 Å². The second-order valence-electron chi connectivity index (χ2n) is 8.79. The fraction of sp³-hybridized carbons (Fsp3) is 0.435. The molecule has 10 heteroatoms. The molecule has 0 unspecified atom stereocenters. The van der Waals surface area contributed by atoms with E-state index in [0.717, 1.165) is 54.2 Å². The molecule has 1 aliphatic carbocycles. The highest BCUT2D eigenvalue weighted by Crippen LogP contribution is 2.59. The van der Waals surface area contributed by atoms with Gasteiger partial charge in [0.25, 0.3) is 0 Å². The zero-order valence-corrected chi connectivity index (χ0v) is 18.8. The lowest BCUT2D eigenvalue weighted by atomic mass is 9.93. The molecule has 2 aromatic heterocycles. The average Bonchev–Trinajstić information content (AvgIpc) is 3.15. The van der Waals surface area contributed by atoms with Crippen LogP contribution in [-0.4, -0.2) is 49.8 Å². The van der Waals surface area contributed by atoms with Crippen LogP contribution in [0.3, 0.4) is 0 Å². The smallest absolute Gasteiger partial charge is 0.322 e. The molecule has 1 aromatic carbocycles. The third-order valence-corrected chi connectivity index (χ3v) is 7.85. The second-order valence-corrected chi connectivity index (χ2v) is 9.91. The Morgan fingerprint density at radius 3 is 2.70 bits per heavy atom. The first-order valence-electron chi connectivity index (χ1n) is 10.8. The number of aromatic nitrogens is 4. The molecule has 0 bridgehead atoms. The van der Waals surface area contributed by atoms with E-state index >= 15 is 0 Å². The third kappa shape index (κ3) is 4.26. The van der Waals surface area contributed by atoms with E-state index in [4.69, 9.17) is 0 Å². The Kier molecular flexibility index (Phi) is 5.68. The van der Waals surface area contributed by atoms with Gasteiger partial charge in [-0.25, -0.2) is 19.3 Å². The van der Waals surface area contributed by atoms with Gasteiger partial charge in [-0.1, -0.05) is 6.07 Å². The van der Waals surface area contributed by atoms with Crippen molar-refractivity contribution in [3.8, 4) is 11.4 Å². The number of thioether (sulfide) groups is 1. The van der Waals surface area contributed by atoms with E-state index in [1.807, 2.05) is 17.8 Å². The summed E-state index contributed by atoms with van der Waals surface area (Å²) in [5.41, 5.74) is 0.0479. The Hall–Kier alpha value is -2.46. The quantitative estimate of drug-likeness (QED) is 0.278. The number of nitrogens with zero attached hydrogens (tertiary/aromatic N) is 5.